The number of aromatic hydroxyl groups is 1. The predicted octanol–water partition coefficient (Wildman–Crippen LogP) is 3.31. The number of nitrogens with zero attached hydrogens (tertiary/aromatic N) is 2. The SMILES string of the molecule is CC1CC1c1cc2c(c3c1[nH]c1ccc(O)cc13)C(=O)N(CCN(C)C)C2=O. The second-order valence-electron chi connectivity index (χ2n) is 8.38. The molecule has 0 bridgehead atoms. The molecule has 2 aliphatic rings. The summed E-state index contributed by atoms with van der Waals surface area (Å²) in [5, 5.41) is 11.6. The monoisotopic (exact) mass is 377 g/mol. The number of phenols is 1. The molecule has 3 aromatic rings. The zero-order valence-corrected chi connectivity index (χ0v) is 16.2. The van der Waals surface area contributed by atoms with Gasteiger partial charge in [-0.2, -0.15) is 0 Å². The maximum Gasteiger partial charge on any atom is 0.262 e. The van der Waals surface area contributed by atoms with E-state index in [1.165, 1.54) is 4.90 Å². The minimum atomic E-state index is -0.244. The van der Waals surface area contributed by atoms with E-state index in [4.69, 9.17) is 0 Å². The standard InChI is InChI=1S/C22H23N3O3/c1-11-8-13(11)14-10-16-19(22(28)25(21(16)27)7-6-24(2)3)18-15-9-12(26)4-5-17(15)23-20(14)18/h4-5,9-11,13,23,26H,6-8H2,1-3H3. The van der Waals surface area contributed by atoms with Gasteiger partial charge in [0.1, 0.15) is 5.75 Å². The number of hydrogen-bond donors (Lipinski definition) is 2. The summed E-state index contributed by atoms with van der Waals surface area (Å²) >= 11 is 0. The fourth-order valence-corrected chi connectivity index (χ4v) is 4.40. The minimum absolute atomic E-state index is 0.147. The van der Waals surface area contributed by atoms with Gasteiger partial charge >= 0.3 is 0 Å². The van der Waals surface area contributed by atoms with E-state index in [0.717, 1.165) is 33.8 Å². The normalized spacial score (nSPS) is 21.4. The van der Waals surface area contributed by atoms with Crippen LogP contribution in [0.5, 0.6) is 5.75 Å². The van der Waals surface area contributed by atoms with Crippen molar-refractivity contribution < 1.29 is 14.7 Å². The molecule has 1 aliphatic heterocycles. The van der Waals surface area contributed by atoms with Gasteiger partial charge in [-0.3, -0.25) is 14.5 Å². The van der Waals surface area contributed by atoms with E-state index in [2.05, 4.69) is 11.9 Å². The number of fused-ring (bicyclic) bond motifs is 5. The van der Waals surface area contributed by atoms with E-state index in [-0.39, 0.29) is 17.6 Å². The van der Waals surface area contributed by atoms with Crippen molar-refractivity contribution in [3.05, 3.63) is 41.0 Å². The van der Waals surface area contributed by atoms with E-state index in [1.807, 2.05) is 31.1 Å². The molecule has 2 N–H and O–H groups in total. The van der Waals surface area contributed by atoms with Gasteiger partial charge in [0, 0.05) is 29.4 Å². The number of benzene rings is 2. The first-order valence-electron chi connectivity index (χ1n) is 9.69. The first-order valence-corrected chi connectivity index (χ1v) is 9.69. The molecule has 1 aliphatic carbocycles. The lowest BCUT2D eigenvalue weighted by atomic mass is 9.96. The molecule has 2 atom stereocenters. The quantitative estimate of drug-likeness (QED) is 0.684. The number of rotatable bonds is 4. The van der Waals surface area contributed by atoms with Crippen molar-refractivity contribution in [1.82, 2.24) is 14.8 Å². The van der Waals surface area contributed by atoms with Crippen molar-refractivity contribution in [2.24, 2.45) is 5.92 Å². The summed E-state index contributed by atoms with van der Waals surface area (Å²) in [6.45, 7) is 3.19. The summed E-state index contributed by atoms with van der Waals surface area (Å²) in [4.78, 5) is 33.1. The second-order valence-corrected chi connectivity index (χ2v) is 8.38. The third kappa shape index (κ3) is 2.37. The van der Waals surface area contributed by atoms with Crippen LogP contribution in [-0.4, -0.2) is 58.9 Å². The highest BCUT2D eigenvalue weighted by molar-refractivity contribution is 6.30. The topological polar surface area (TPSA) is 76.6 Å². The third-order valence-electron chi connectivity index (χ3n) is 6.10. The number of carbonyl (C=O) groups is 2. The Morgan fingerprint density at radius 2 is 1.96 bits per heavy atom. The van der Waals surface area contributed by atoms with Crippen molar-refractivity contribution in [2.75, 3.05) is 27.2 Å². The smallest absolute Gasteiger partial charge is 0.262 e. The number of amides is 2. The molecule has 144 valence electrons. The molecule has 6 heteroatoms. The van der Waals surface area contributed by atoms with Crippen molar-refractivity contribution in [2.45, 2.75) is 19.3 Å². The number of carbonyl (C=O) groups excluding carboxylic acids is 2. The van der Waals surface area contributed by atoms with Crippen LogP contribution < -0.4 is 0 Å². The van der Waals surface area contributed by atoms with Gasteiger partial charge in [0.25, 0.3) is 11.8 Å². The van der Waals surface area contributed by atoms with Gasteiger partial charge in [0.05, 0.1) is 16.6 Å². The largest absolute Gasteiger partial charge is 0.508 e. The van der Waals surface area contributed by atoms with Gasteiger partial charge in [-0.15, -0.1) is 0 Å². The average Bonchev–Trinajstić information content (AvgIpc) is 3.17. The summed E-state index contributed by atoms with van der Waals surface area (Å²) < 4.78 is 0. The fraction of sp³-hybridized carbons (Fsp3) is 0.364. The van der Waals surface area contributed by atoms with Crippen LogP contribution in [0.3, 0.4) is 0 Å². The molecular weight excluding hydrogens is 354 g/mol. The molecule has 2 heterocycles. The Morgan fingerprint density at radius 1 is 1.21 bits per heavy atom. The number of aromatic amines is 1. The zero-order chi connectivity index (χ0) is 19.7. The molecule has 2 aromatic carbocycles. The van der Waals surface area contributed by atoms with Crippen LogP contribution in [0, 0.1) is 5.92 Å². The minimum Gasteiger partial charge on any atom is -0.508 e. The van der Waals surface area contributed by atoms with Crippen molar-refractivity contribution in [3.63, 3.8) is 0 Å². The molecule has 1 fully saturated rings. The molecule has 0 spiro atoms. The van der Waals surface area contributed by atoms with Crippen LogP contribution in [0.1, 0.15) is 45.5 Å². The summed E-state index contributed by atoms with van der Waals surface area (Å²) in [5.41, 5.74) is 3.85. The van der Waals surface area contributed by atoms with Gasteiger partial charge in [0.2, 0.25) is 0 Å². The van der Waals surface area contributed by atoms with Crippen LogP contribution in [0.2, 0.25) is 0 Å². The van der Waals surface area contributed by atoms with Gasteiger partial charge in [-0.25, -0.2) is 0 Å². The van der Waals surface area contributed by atoms with E-state index < -0.39 is 0 Å². The van der Waals surface area contributed by atoms with E-state index in [9.17, 15) is 14.7 Å². The van der Waals surface area contributed by atoms with E-state index in [0.29, 0.717) is 36.1 Å². The highest BCUT2D eigenvalue weighted by Crippen LogP contribution is 2.51. The van der Waals surface area contributed by atoms with Gasteiger partial charge in [-0.05, 0) is 62.2 Å². The average molecular weight is 377 g/mol. The third-order valence-corrected chi connectivity index (χ3v) is 6.10. The molecule has 28 heavy (non-hydrogen) atoms. The molecular formula is C22H23N3O3. The molecule has 0 radical (unpaired) electrons. The lowest BCUT2D eigenvalue weighted by Crippen LogP contribution is -2.35. The molecule has 5 rings (SSSR count). The number of H-pyrrole nitrogens is 1. The Bertz CT molecular complexity index is 1160. The molecule has 2 unspecified atom stereocenters. The molecule has 6 nitrogen and oxygen atoms in total. The lowest BCUT2D eigenvalue weighted by Gasteiger charge is -2.16. The number of aromatic nitrogens is 1. The first kappa shape index (κ1) is 17.3. The Balaban J connectivity index is 1.78. The summed E-state index contributed by atoms with van der Waals surface area (Å²) in [6, 6.07) is 7.06. The van der Waals surface area contributed by atoms with E-state index in [1.54, 1.807) is 12.1 Å². The predicted molar refractivity (Wildman–Crippen MR) is 108 cm³/mol. The Morgan fingerprint density at radius 3 is 2.64 bits per heavy atom. The lowest BCUT2D eigenvalue weighted by molar-refractivity contribution is 0.0645. The fourth-order valence-electron chi connectivity index (χ4n) is 4.40. The number of nitrogens with one attached hydrogen (secondary N) is 1. The highest BCUT2D eigenvalue weighted by atomic mass is 16.3. The maximum atomic E-state index is 13.2. The van der Waals surface area contributed by atoms with Gasteiger partial charge in [0.15, 0.2) is 0 Å². The highest BCUT2D eigenvalue weighted by Gasteiger charge is 2.42. The van der Waals surface area contributed by atoms with Crippen LogP contribution in [0.15, 0.2) is 24.3 Å². The van der Waals surface area contributed by atoms with Gasteiger partial charge < -0.3 is 15.0 Å². The molecule has 2 amide bonds. The maximum absolute atomic E-state index is 13.2. The summed E-state index contributed by atoms with van der Waals surface area (Å²) in [5.74, 6) is 0.652. The van der Waals surface area contributed by atoms with Crippen molar-refractivity contribution in [3.8, 4) is 5.75 Å². The molecule has 0 saturated heterocycles. The first-order chi connectivity index (χ1) is 13.4. The van der Waals surface area contributed by atoms with Crippen molar-refractivity contribution in [1.29, 1.82) is 0 Å². The molecule has 1 aromatic heterocycles. The zero-order valence-electron chi connectivity index (χ0n) is 16.2. The Hall–Kier alpha value is -2.86. The number of likely N-dealkylation sites (N-methyl/N-ethyl adjacent to an activating group) is 1. The van der Waals surface area contributed by atoms with Crippen LogP contribution >= 0.6 is 0 Å². The Kier molecular flexibility index (Phi) is 3.58. The number of phenolic OH excluding ortho intramolecular Hbond substituents is 1. The van der Waals surface area contributed by atoms with Crippen LogP contribution in [-0.2, 0) is 0 Å². The Labute approximate surface area is 162 Å². The van der Waals surface area contributed by atoms with Crippen LogP contribution in [0.25, 0.3) is 21.8 Å². The van der Waals surface area contributed by atoms with Crippen LogP contribution in [0.4, 0.5) is 0 Å². The second kappa shape index (κ2) is 5.82. The summed E-state index contributed by atoms with van der Waals surface area (Å²) in [7, 11) is 3.84. The summed E-state index contributed by atoms with van der Waals surface area (Å²) in [6.07, 6.45) is 1.08. The number of hydrogen-bond acceptors (Lipinski definition) is 4. The number of imide groups is 1. The van der Waals surface area contributed by atoms with Gasteiger partial charge in [-0.1, -0.05) is 6.92 Å². The van der Waals surface area contributed by atoms with Crippen molar-refractivity contribution >= 4 is 33.6 Å². The van der Waals surface area contributed by atoms with E-state index >= 15 is 0 Å². The molecule has 1 saturated carbocycles.